The molecule has 1 heterocycles. The van der Waals surface area contributed by atoms with Crippen molar-refractivity contribution in [1.29, 1.82) is 0 Å². The minimum atomic E-state index is 0.203. The monoisotopic (exact) mass is 236 g/mol. The fourth-order valence-corrected chi connectivity index (χ4v) is 3.09. The molecule has 4 heteroatoms. The van der Waals surface area contributed by atoms with Crippen LogP contribution in [0.1, 0.15) is 51.4 Å². The van der Waals surface area contributed by atoms with Crippen molar-refractivity contribution >= 4 is 0 Å². The van der Waals surface area contributed by atoms with Crippen molar-refractivity contribution in [2.75, 3.05) is 0 Å². The molecule has 0 saturated heterocycles. The highest BCUT2D eigenvalue weighted by Crippen LogP contribution is 2.39. The fraction of sp³-hybridized carbons (Fsp3) is 0.769. The molecular weight excluding hydrogens is 212 g/mol. The summed E-state index contributed by atoms with van der Waals surface area (Å²) in [6.45, 7) is 5.54. The number of imidazole rings is 1. The van der Waals surface area contributed by atoms with Crippen molar-refractivity contribution in [3.63, 3.8) is 0 Å². The van der Waals surface area contributed by atoms with Crippen LogP contribution in [-0.2, 0) is 6.54 Å². The van der Waals surface area contributed by atoms with Crippen molar-refractivity contribution in [2.45, 2.75) is 52.1 Å². The van der Waals surface area contributed by atoms with Gasteiger partial charge in [-0.1, -0.05) is 26.7 Å². The Labute approximate surface area is 104 Å². The Bertz CT molecular complexity index is 347. The number of hydrazine groups is 1. The number of aromatic nitrogens is 2. The molecule has 0 amide bonds. The van der Waals surface area contributed by atoms with Crippen LogP contribution >= 0.6 is 0 Å². The average Bonchev–Trinajstić information content (AvgIpc) is 2.92. The predicted molar refractivity (Wildman–Crippen MR) is 69.1 cm³/mol. The highest BCUT2D eigenvalue weighted by atomic mass is 15.3. The normalized spacial score (nSPS) is 26.3. The second-order valence-corrected chi connectivity index (χ2v) is 5.20. The zero-order chi connectivity index (χ0) is 12.3. The van der Waals surface area contributed by atoms with E-state index in [1.54, 1.807) is 0 Å². The van der Waals surface area contributed by atoms with Crippen molar-refractivity contribution in [1.82, 2.24) is 15.0 Å². The van der Waals surface area contributed by atoms with E-state index in [0.717, 1.165) is 24.7 Å². The molecule has 1 aromatic rings. The molecule has 2 rings (SSSR count). The van der Waals surface area contributed by atoms with Crippen LogP contribution in [0, 0.1) is 11.8 Å². The lowest BCUT2D eigenvalue weighted by Gasteiger charge is -2.26. The number of nitrogens with zero attached hydrogens (tertiary/aromatic N) is 2. The molecule has 96 valence electrons. The van der Waals surface area contributed by atoms with E-state index < -0.39 is 0 Å². The van der Waals surface area contributed by atoms with Crippen LogP contribution < -0.4 is 11.3 Å². The van der Waals surface area contributed by atoms with E-state index in [0.29, 0.717) is 5.92 Å². The molecule has 4 nitrogen and oxygen atoms in total. The van der Waals surface area contributed by atoms with Crippen LogP contribution in [0.3, 0.4) is 0 Å². The lowest BCUT2D eigenvalue weighted by molar-refractivity contribution is 0.287. The van der Waals surface area contributed by atoms with Gasteiger partial charge in [-0.05, 0) is 24.7 Å². The summed E-state index contributed by atoms with van der Waals surface area (Å²) in [5.74, 6) is 8.23. The second-order valence-electron chi connectivity index (χ2n) is 5.20. The van der Waals surface area contributed by atoms with Gasteiger partial charge in [0.25, 0.3) is 0 Å². The van der Waals surface area contributed by atoms with E-state index in [2.05, 4.69) is 35.0 Å². The minimum absolute atomic E-state index is 0.203. The molecule has 3 N–H and O–H groups in total. The molecule has 1 aliphatic carbocycles. The minimum Gasteiger partial charge on any atom is -0.334 e. The van der Waals surface area contributed by atoms with Gasteiger partial charge in [0, 0.05) is 18.9 Å². The van der Waals surface area contributed by atoms with Crippen LogP contribution in [-0.4, -0.2) is 9.55 Å². The molecule has 1 aliphatic rings. The van der Waals surface area contributed by atoms with Crippen LogP contribution in [0.4, 0.5) is 0 Å². The van der Waals surface area contributed by atoms with Gasteiger partial charge < -0.3 is 4.57 Å². The Hall–Kier alpha value is -0.870. The quantitative estimate of drug-likeness (QED) is 0.609. The molecule has 0 radical (unpaired) electrons. The number of rotatable bonds is 5. The lowest BCUT2D eigenvalue weighted by Crippen LogP contribution is -2.36. The van der Waals surface area contributed by atoms with E-state index in [9.17, 15) is 0 Å². The van der Waals surface area contributed by atoms with E-state index in [1.165, 1.54) is 19.3 Å². The smallest absolute Gasteiger partial charge is 0.127 e. The van der Waals surface area contributed by atoms with Crippen molar-refractivity contribution in [3.05, 3.63) is 18.2 Å². The fourth-order valence-electron chi connectivity index (χ4n) is 3.09. The highest BCUT2D eigenvalue weighted by Gasteiger charge is 2.33. The molecule has 3 atom stereocenters. The van der Waals surface area contributed by atoms with Crippen LogP contribution in [0.15, 0.2) is 12.4 Å². The number of nitrogens with one attached hydrogen (secondary N) is 1. The summed E-state index contributed by atoms with van der Waals surface area (Å²) in [4.78, 5) is 4.51. The second kappa shape index (κ2) is 5.65. The van der Waals surface area contributed by atoms with Gasteiger partial charge >= 0.3 is 0 Å². The highest BCUT2D eigenvalue weighted by molar-refractivity contribution is 5.03. The van der Waals surface area contributed by atoms with Gasteiger partial charge in [0.15, 0.2) is 0 Å². The van der Waals surface area contributed by atoms with Crippen molar-refractivity contribution in [3.8, 4) is 0 Å². The first-order valence-electron chi connectivity index (χ1n) is 6.75. The molecule has 3 unspecified atom stereocenters. The summed E-state index contributed by atoms with van der Waals surface area (Å²) in [5.41, 5.74) is 2.99. The Morgan fingerprint density at radius 2 is 2.41 bits per heavy atom. The average molecular weight is 236 g/mol. The Kier molecular flexibility index (Phi) is 4.18. The summed E-state index contributed by atoms with van der Waals surface area (Å²) in [6.07, 6.45) is 8.96. The summed E-state index contributed by atoms with van der Waals surface area (Å²) in [7, 11) is 0. The van der Waals surface area contributed by atoms with Gasteiger partial charge in [0.05, 0.1) is 6.04 Å². The molecule has 1 saturated carbocycles. The van der Waals surface area contributed by atoms with E-state index in [-0.39, 0.29) is 6.04 Å². The number of hydrogen-bond acceptors (Lipinski definition) is 3. The molecule has 0 aromatic carbocycles. The first kappa shape index (κ1) is 12.6. The van der Waals surface area contributed by atoms with Gasteiger partial charge in [0.2, 0.25) is 0 Å². The molecule has 0 aliphatic heterocycles. The predicted octanol–water partition coefficient (Wildman–Crippen LogP) is 2.23. The van der Waals surface area contributed by atoms with E-state index in [4.69, 9.17) is 5.84 Å². The zero-order valence-corrected chi connectivity index (χ0v) is 10.9. The largest absolute Gasteiger partial charge is 0.334 e. The third-order valence-corrected chi connectivity index (χ3v) is 4.03. The third-order valence-electron chi connectivity index (χ3n) is 4.03. The maximum atomic E-state index is 5.77. The van der Waals surface area contributed by atoms with Gasteiger partial charge in [-0.15, -0.1) is 0 Å². The Balaban J connectivity index is 2.19. The standard InChI is InChI=1S/C13H24N4/c1-3-8-17-9-7-15-13(17)12(16-14)11-6-4-5-10(11)2/h7,9-12,16H,3-6,8,14H2,1-2H3. The summed E-state index contributed by atoms with van der Waals surface area (Å²) in [6, 6.07) is 0.203. The lowest BCUT2D eigenvalue weighted by atomic mass is 9.90. The van der Waals surface area contributed by atoms with Crippen LogP contribution in [0.5, 0.6) is 0 Å². The van der Waals surface area contributed by atoms with Crippen LogP contribution in [0.2, 0.25) is 0 Å². The topological polar surface area (TPSA) is 55.9 Å². The van der Waals surface area contributed by atoms with Crippen molar-refractivity contribution < 1.29 is 0 Å². The molecule has 17 heavy (non-hydrogen) atoms. The number of aryl methyl sites for hydroxylation is 1. The first-order valence-corrected chi connectivity index (χ1v) is 6.75. The first-order chi connectivity index (χ1) is 8.27. The number of nitrogens with two attached hydrogens (primary N) is 1. The molecular formula is C13H24N4. The summed E-state index contributed by atoms with van der Waals surface area (Å²) >= 11 is 0. The maximum Gasteiger partial charge on any atom is 0.127 e. The molecule has 0 bridgehead atoms. The Morgan fingerprint density at radius 1 is 1.59 bits per heavy atom. The summed E-state index contributed by atoms with van der Waals surface area (Å²) in [5, 5.41) is 0. The van der Waals surface area contributed by atoms with Crippen LogP contribution in [0.25, 0.3) is 0 Å². The molecule has 1 aromatic heterocycles. The van der Waals surface area contributed by atoms with Gasteiger partial charge in [0.1, 0.15) is 5.82 Å². The summed E-state index contributed by atoms with van der Waals surface area (Å²) < 4.78 is 2.23. The van der Waals surface area contributed by atoms with E-state index >= 15 is 0 Å². The van der Waals surface area contributed by atoms with Gasteiger partial charge in [-0.2, -0.15) is 0 Å². The van der Waals surface area contributed by atoms with Gasteiger partial charge in [-0.3, -0.25) is 5.84 Å². The molecule has 0 spiro atoms. The molecule has 1 fully saturated rings. The Morgan fingerprint density at radius 3 is 3.00 bits per heavy atom. The zero-order valence-electron chi connectivity index (χ0n) is 10.9. The number of hydrogen-bond donors (Lipinski definition) is 2. The maximum absolute atomic E-state index is 5.77. The van der Waals surface area contributed by atoms with Crippen molar-refractivity contribution in [2.24, 2.45) is 17.7 Å². The SMILES string of the molecule is CCCn1ccnc1C(NN)C1CCCC1C. The van der Waals surface area contributed by atoms with Gasteiger partial charge in [-0.25, -0.2) is 10.4 Å². The third kappa shape index (κ3) is 2.53. The van der Waals surface area contributed by atoms with E-state index in [1.807, 2.05) is 6.20 Å².